The van der Waals surface area contributed by atoms with Crippen LogP contribution >= 0.6 is 27.3 Å². The predicted octanol–water partition coefficient (Wildman–Crippen LogP) is 5.39. The number of aromatic nitrogens is 2. The van der Waals surface area contributed by atoms with Gasteiger partial charge in [0.25, 0.3) is 5.91 Å². The molecule has 32 heavy (non-hydrogen) atoms. The van der Waals surface area contributed by atoms with Crippen LogP contribution in [0.3, 0.4) is 0 Å². The normalized spacial score (nSPS) is 28.8. The van der Waals surface area contributed by atoms with Crippen molar-refractivity contribution in [2.24, 2.45) is 0 Å². The minimum Gasteiger partial charge on any atom is -0.339 e. The van der Waals surface area contributed by atoms with Gasteiger partial charge in [0.05, 0.1) is 5.69 Å². The zero-order chi connectivity index (χ0) is 22.0. The van der Waals surface area contributed by atoms with Crippen molar-refractivity contribution < 1.29 is 4.79 Å². The Morgan fingerprint density at radius 2 is 1.91 bits per heavy atom. The van der Waals surface area contributed by atoms with Crippen LogP contribution in [-0.4, -0.2) is 45.9 Å². The molecule has 6 rings (SSSR count). The summed E-state index contributed by atoms with van der Waals surface area (Å²) in [5.74, 6) is 1.82. The van der Waals surface area contributed by atoms with Crippen LogP contribution in [-0.2, 0) is 0 Å². The number of carbonyl (C=O) groups is 1. The first-order valence-electron chi connectivity index (χ1n) is 11.5. The lowest BCUT2D eigenvalue weighted by Gasteiger charge is -2.35. The van der Waals surface area contributed by atoms with Crippen molar-refractivity contribution in [3.8, 4) is 0 Å². The smallest absolute Gasteiger partial charge is 0.253 e. The Bertz CT molecular complexity index is 1200. The Kier molecular flexibility index (Phi) is 5.12. The van der Waals surface area contributed by atoms with E-state index in [0.717, 1.165) is 40.0 Å². The first-order chi connectivity index (χ1) is 15.5. The third-order valence-corrected chi connectivity index (χ3v) is 9.06. The monoisotopic (exact) mass is 510 g/mol. The SMILES string of the molecule is Cc1nc([C@@H]2C[C@H]2c2ccc(C(=O)N(C)C3CC4CCC(C3)N4)cc2Br)c2ccsc2n1. The van der Waals surface area contributed by atoms with Gasteiger partial charge >= 0.3 is 0 Å². The summed E-state index contributed by atoms with van der Waals surface area (Å²) in [6.07, 6.45) is 5.71. The van der Waals surface area contributed by atoms with Crippen molar-refractivity contribution in [1.82, 2.24) is 20.2 Å². The fourth-order valence-electron chi connectivity index (χ4n) is 5.79. The lowest BCUT2D eigenvalue weighted by Crippen LogP contribution is -2.48. The van der Waals surface area contributed by atoms with Gasteiger partial charge in [0, 0.05) is 46.5 Å². The molecule has 3 aliphatic rings. The number of hydrogen-bond donors (Lipinski definition) is 1. The van der Waals surface area contributed by atoms with Gasteiger partial charge < -0.3 is 10.2 Å². The molecule has 1 aromatic carbocycles. The molecule has 2 bridgehead atoms. The Morgan fingerprint density at radius 1 is 1.12 bits per heavy atom. The third kappa shape index (κ3) is 3.58. The standard InChI is InChI=1S/C25H27BrN4OS/c1-13-27-23(19-7-8-32-24(19)28-13)21-12-20(21)18-6-3-14(9-22(18)26)25(31)30(2)17-10-15-4-5-16(11-17)29-15/h3,6-9,15-17,20-21,29H,4-5,10-12H2,1-2H3/t15?,16?,17?,20-,21+/m0/s1. The van der Waals surface area contributed by atoms with Crippen LogP contribution in [0.1, 0.15) is 71.4 Å². The molecule has 2 aromatic heterocycles. The molecular weight excluding hydrogens is 484 g/mol. The third-order valence-electron chi connectivity index (χ3n) is 7.57. The minimum atomic E-state index is 0.127. The van der Waals surface area contributed by atoms with Gasteiger partial charge in [-0.05, 0) is 74.1 Å². The molecule has 166 valence electrons. The lowest BCUT2D eigenvalue weighted by atomic mass is 9.97. The van der Waals surface area contributed by atoms with Crippen LogP contribution < -0.4 is 5.32 Å². The van der Waals surface area contributed by atoms with E-state index in [9.17, 15) is 4.79 Å². The highest BCUT2D eigenvalue weighted by atomic mass is 79.9. The Balaban J connectivity index is 1.20. The number of amides is 1. The Morgan fingerprint density at radius 3 is 2.66 bits per heavy atom. The fraction of sp³-hybridized carbons (Fsp3) is 0.480. The molecule has 2 saturated heterocycles. The summed E-state index contributed by atoms with van der Waals surface area (Å²) in [6, 6.07) is 9.80. The summed E-state index contributed by atoms with van der Waals surface area (Å²) in [7, 11) is 1.97. The Hall–Kier alpha value is -1.83. The number of rotatable bonds is 4. The maximum Gasteiger partial charge on any atom is 0.253 e. The molecule has 0 spiro atoms. The van der Waals surface area contributed by atoms with Crippen LogP contribution in [0.25, 0.3) is 10.2 Å². The number of halogens is 1. The van der Waals surface area contributed by atoms with E-state index in [-0.39, 0.29) is 5.91 Å². The topological polar surface area (TPSA) is 58.1 Å². The van der Waals surface area contributed by atoms with Gasteiger partial charge in [-0.2, -0.15) is 0 Å². The maximum atomic E-state index is 13.2. The molecule has 1 aliphatic carbocycles. The highest BCUT2D eigenvalue weighted by molar-refractivity contribution is 9.10. The number of benzene rings is 1. The summed E-state index contributed by atoms with van der Waals surface area (Å²) in [5.41, 5.74) is 3.21. The molecular formula is C25H27BrN4OS. The van der Waals surface area contributed by atoms with Crippen molar-refractivity contribution in [3.63, 3.8) is 0 Å². The van der Waals surface area contributed by atoms with Gasteiger partial charge in [-0.3, -0.25) is 4.79 Å². The zero-order valence-electron chi connectivity index (χ0n) is 18.3. The molecule has 3 aromatic rings. The van der Waals surface area contributed by atoms with E-state index in [4.69, 9.17) is 4.98 Å². The molecule has 7 heteroatoms. The highest BCUT2D eigenvalue weighted by Crippen LogP contribution is 2.57. The molecule has 1 N–H and O–H groups in total. The second-order valence-corrected chi connectivity index (χ2v) is 11.4. The van der Waals surface area contributed by atoms with E-state index in [0.29, 0.717) is 30.0 Å². The molecule has 4 atom stereocenters. The van der Waals surface area contributed by atoms with Gasteiger partial charge in [-0.25, -0.2) is 9.97 Å². The zero-order valence-corrected chi connectivity index (χ0v) is 20.7. The largest absolute Gasteiger partial charge is 0.339 e. The minimum absolute atomic E-state index is 0.127. The number of carbonyl (C=O) groups excluding carboxylic acids is 1. The van der Waals surface area contributed by atoms with Crippen LogP contribution in [0, 0.1) is 6.92 Å². The number of hydrogen-bond acceptors (Lipinski definition) is 5. The summed E-state index contributed by atoms with van der Waals surface area (Å²) >= 11 is 5.45. The predicted molar refractivity (Wildman–Crippen MR) is 131 cm³/mol. The summed E-state index contributed by atoms with van der Waals surface area (Å²) < 4.78 is 1.03. The average molecular weight is 511 g/mol. The van der Waals surface area contributed by atoms with Gasteiger partial charge in [-0.1, -0.05) is 22.0 Å². The van der Waals surface area contributed by atoms with Crippen LogP contribution in [0.4, 0.5) is 0 Å². The van der Waals surface area contributed by atoms with Gasteiger partial charge in [0.1, 0.15) is 10.7 Å². The molecule has 5 nitrogen and oxygen atoms in total. The number of nitrogens with one attached hydrogen (secondary N) is 1. The van der Waals surface area contributed by atoms with E-state index in [1.807, 2.05) is 31.0 Å². The number of thiophene rings is 1. The lowest BCUT2D eigenvalue weighted by molar-refractivity contribution is 0.0681. The molecule has 4 heterocycles. The number of fused-ring (bicyclic) bond motifs is 3. The number of nitrogens with zero attached hydrogens (tertiary/aromatic N) is 3. The van der Waals surface area contributed by atoms with Crippen molar-refractivity contribution in [3.05, 3.63) is 56.8 Å². The molecule has 1 amide bonds. The van der Waals surface area contributed by atoms with Crippen LogP contribution in [0.15, 0.2) is 34.1 Å². The van der Waals surface area contributed by atoms with Crippen LogP contribution in [0.2, 0.25) is 0 Å². The van der Waals surface area contributed by atoms with E-state index in [1.54, 1.807) is 11.3 Å². The summed E-state index contributed by atoms with van der Waals surface area (Å²) in [6.45, 7) is 1.97. The molecule has 2 aliphatic heterocycles. The van der Waals surface area contributed by atoms with Gasteiger partial charge in [0.15, 0.2) is 0 Å². The van der Waals surface area contributed by atoms with Crippen molar-refractivity contribution in [2.45, 2.75) is 69.0 Å². The Labute approximate surface area is 200 Å². The molecule has 0 radical (unpaired) electrons. The average Bonchev–Trinajstić information content (AvgIpc) is 3.30. The summed E-state index contributed by atoms with van der Waals surface area (Å²) in [5, 5.41) is 6.95. The second kappa shape index (κ2) is 7.89. The van der Waals surface area contributed by atoms with Crippen molar-refractivity contribution >= 4 is 43.4 Å². The van der Waals surface area contributed by atoms with E-state index < -0.39 is 0 Å². The van der Waals surface area contributed by atoms with Crippen molar-refractivity contribution in [1.29, 1.82) is 0 Å². The van der Waals surface area contributed by atoms with E-state index in [1.165, 1.54) is 29.5 Å². The second-order valence-electron chi connectivity index (χ2n) is 9.66. The maximum absolute atomic E-state index is 13.2. The number of piperidine rings is 1. The fourth-order valence-corrected chi connectivity index (χ4v) is 7.28. The van der Waals surface area contributed by atoms with Gasteiger partial charge in [0.2, 0.25) is 0 Å². The quantitative estimate of drug-likeness (QED) is 0.511. The highest BCUT2D eigenvalue weighted by Gasteiger charge is 2.43. The summed E-state index contributed by atoms with van der Waals surface area (Å²) in [4.78, 5) is 25.7. The molecule has 3 fully saturated rings. The first-order valence-corrected chi connectivity index (χ1v) is 13.2. The van der Waals surface area contributed by atoms with Crippen molar-refractivity contribution in [2.75, 3.05) is 7.05 Å². The van der Waals surface area contributed by atoms with E-state index in [2.05, 4.69) is 43.7 Å². The van der Waals surface area contributed by atoms with Crippen LogP contribution in [0.5, 0.6) is 0 Å². The van der Waals surface area contributed by atoms with Gasteiger partial charge in [-0.15, -0.1) is 11.3 Å². The number of aryl methyl sites for hydroxylation is 1. The molecule has 1 saturated carbocycles. The first kappa shape index (κ1) is 20.8. The molecule has 2 unspecified atom stereocenters. The van der Waals surface area contributed by atoms with E-state index >= 15 is 0 Å².